The number of hydrogen-bond donors (Lipinski definition) is 5. The molecule has 103 heavy (non-hydrogen) atoms. The third kappa shape index (κ3) is 17.9. The zero-order valence-electron chi connectivity index (χ0n) is 56.7. The number of benzene rings is 5. The first-order valence-corrected chi connectivity index (χ1v) is 36.2. The maximum absolute atomic E-state index is 14.2. The molecule has 5 aliphatic heterocycles. The van der Waals surface area contributed by atoms with Gasteiger partial charge in [-0.2, -0.15) is 0 Å². The standard InChI is InChI=1S/C71H77N9O20S3/c1-80(2,37-42-5-8-51(9-6-42)99-103(88,89)100-61-26-46(7-10-56(61)97-71-67(84)66(83)65(82)62(39-81)98-71)68(85)73-13-15-92-17-19-94-20-18-93-16-14-76-77-72)38-43-23-44(40-95-59-31-54-52(29-57(59)90-3)69(86)78-35-47-11-21-101-63(47)27-49(78)33-74-54)25-45(24-43)41-96-60-32-55-53(30-58(60)91-4)70(87)79-36-48-12-22-102-64(48)28-50(79)34-75-55/h5-12,21-26,29-34,49-50,62,65-67,71,81-84H,13-20,27-28,35-41H2,1-4H3/p+1/t49-,50-,62+,65-,66-,67+,71?/m0/s1. The minimum atomic E-state index is -5.05. The average molecular weight is 1470 g/mol. The van der Waals surface area contributed by atoms with Crippen LogP contribution in [0.1, 0.15) is 74.2 Å². The van der Waals surface area contributed by atoms with Gasteiger partial charge in [-0.05, 0) is 123 Å². The van der Waals surface area contributed by atoms with Gasteiger partial charge < -0.3 is 91.0 Å². The predicted molar refractivity (Wildman–Crippen MR) is 377 cm³/mol. The van der Waals surface area contributed by atoms with E-state index in [0.717, 1.165) is 45.5 Å². The van der Waals surface area contributed by atoms with Crippen molar-refractivity contribution in [2.24, 2.45) is 15.1 Å². The Hall–Kier alpha value is -9.25. The van der Waals surface area contributed by atoms with Gasteiger partial charge in [0, 0.05) is 94.9 Å². The monoisotopic (exact) mass is 1470 g/mol. The molecular weight excluding hydrogens is 1400 g/mol. The summed E-state index contributed by atoms with van der Waals surface area (Å²) in [5.74, 6) is -0.627. The van der Waals surface area contributed by atoms with Gasteiger partial charge in [0.1, 0.15) is 56.5 Å². The number of aliphatic imine (C=N–C) groups is 2. The molecule has 1 saturated heterocycles. The zero-order chi connectivity index (χ0) is 72.4. The number of hydrogen-bond acceptors (Lipinski definition) is 25. The SMILES string of the molecule is COc1cc2c(cc1OCc1cc(COc3cc4c(cc3OC)C(=O)N3Cc5ccsc5C[C@H]3C=N4)cc(C[N+](C)(C)Cc3ccc(OS(=O)(=O)Oc4cc(C(=O)NCCOCCOCCOCCN=[N+]=[N-])ccc4OC4O[C@H](CO)[C@H](O)[C@H](O)[C@H]4O)cc3)c1)N=C[C@@H]1Cc3sccc3CN1C2=O. The molecule has 5 N–H and O–H groups in total. The van der Waals surface area contributed by atoms with Crippen molar-refractivity contribution in [2.45, 2.75) is 95.0 Å². The summed E-state index contributed by atoms with van der Waals surface area (Å²) in [6.45, 7) is 2.81. The molecule has 0 radical (unpaired) electrons. The summed E-state index contributed by atoms with van der Waals surface area (Å²) >= 11 is 3.36. The Bertz CT molecular complexity index is 4290. The highest BCUT2D eigenvalue weighted by molar-refractivity contribution is 7.82. The fourth-order valence-corrected chi connectivity index (χ4v) is 15.2. The van der Waals surface area contributed by atoms with Crippen LogP contribution in [0.3, 0.4) is 0 Å². The number of quaternary nitrogens is 1. The molecule has 0 saturated carbocycles. The second-order valence-electron chi connectivity index (χ2n) is 25.5. The van der Waals surface area contributed by atoms with Gasteiger partial charge in [-0.3, -0.25) is 24.4 Å². The van der Waals surface area contributed by atoms with Gasteiger partial charge in [-0.1, -0.05) is 5.11 Å². The van der Waals surface area contributed by atoms with Crippen LogP contribution in [-0.4, -0.2) is 204 Å². The molecule has 2 aromatic heterocycles. The van der Waals surface area contributed by atoms with Crippen molar-refractivity contribution >= 4 is 74.6 Å². The molecule has 544 valence electrons. The van der Waals surface area contributed by atoms with Crippen LogP contribution in [0.5, 0.6) is 40.2 Å². The number of aliphatic hydroxyl groups is 4. The summed E-state index contributed by atoms with van der Waals surface area (Å²) in [7, 11) is 2.06. The van der Waals surface area contributed by atoms with Crippen LogP contribution in [0.4, 0.5) is 11.4 Å². The number of aliphatic hydroxyl groups excluding tert-OH is 4. The van der Waals surface area contributed by atoms with Gasteiger partial charge in [0.2, 0.25) is 6.29 Å². The number of nitrogens with zero attached hydrogens (tertiary/aromatic N) is 8. The summed E-state index contributed by atoms with van der Waals surface area (Å²) in [5, 5.41) is 51.7. The Morgan fingerprint density at radius 1 is 0.660 bits per heavy atom. The summed E-state index contributed by atoms with van der Waals surface area (Å²) in [5.41, 5.74) is 15.5. The van der Waals surface area contributed by atoms with Crippen LogP contribution in [-0.2, 0) is 81.6 Å². The van der Waals surface area contributed by atoms with E-state index in [1.165, 1.54) is 42.2 Å². The Morgan fingerprint density at radius 3 is 1.78 bits per heavy atom. The lowest BCUT2D eigenvalue weighted by Crippen LogP contribution is -2.60. The number of fused-ring (bicyclic) bond motifs is 6. The largest absolute Gasteiger partial charge is 0.501 e. The number of nitrogens with one attached hydrogen (secondary N) is 1. The number of amides is 3. The predicted octanol–water partition coefficient (Wildman–Crippen LogP) is 7.30. The second kappa shape index (κ2) is 33.0. The Balaban J connectivity index is 0.737. The van der Waals surface area contributed by atoms with Crippen LogP contribution in [0, 0.1) is 0 Å². The first-order chi connectivity index (χ1) is 49.8. The van der Waals surface area contributed by atoms with Gasteiger partial charge in [0.15, 0.2) is 34.5 Å². The van der Waals surface area contributed by atoms with E-state index in [1.54, 1.807) is 59.1 Å². The molecule has 7 atom stereocenters. The molecule has 0 bridgehead atoms. The Kier molecular flexibility index (Phi) is 23.6. The molecule has 32 heteroatoms. The molecule has 1 fully saturated rings. The van der Waals surface area contributed by atoms with Crippen molar-refractivity contribution in [1.29, 1.82) is 0 Å². The number of methoxy groups -OCH3 is 2. The molecule has 5 aromatic carbocycles. The quantitative estimate of drug-likeness (QED) is 0.00907. The maximum Gasteiger partial charge on any atom is 0.501 e. The molecule has 7 aromatic rings. The van der Waals surface area contributed by atoms with Gasteiger partial charge in [0.05, 0.1) is 109 Å². The number of azide groups is 1. The summed E-state index contributed by atoms with van der Waals surface area (Å²) in [6, 6.07) is 26.4. The van der Waals surface area contributed by atoms with E-state index in [4.69, 9.17) is 66.5 Å². The minimum absolute atomic E-state index is 0.0354. The number of carbonyl (C=O) groups is 3. The molecule has 3 amide bonds. The molecule has 0 aliphatic carbocycles. The molecule has 0 spiro atoms. The third-order valence-corrected chi connectivity index (χ3v) is 20.4. The van der Waals surface area contributed by atoms with Crippen molar-refractivity contribution in [3.8, 4) is 40.2 Å². The van der Waals surface area contributed by atoms with Gasteiger partial charge in [0.25, 0.3) is 17.7 Å². The normalized spacial score (nSPS) is 19.6. The number of carbonyl (C=O) groups excluding carboxylic acids is 3. The fraction of sp³-hybridized carbons (Fsp3) is 0.394. The van der Waals surface area contributed by atoms with Gasteiger partial charge in [-0.15, -0.1) is 31.1 Å². The average Bonchev–Trinajstić information content (AvgIpc) is 1.70. The lowest BCUT2D eigenvalue weighted by atomic mass is 9.99. The molecule has 5 aliphatic rings. The lowest BCUT2D eigenvalue weighted by Gasteiger charge is -2.39. The van der Waals surface area contributed by atoms with Gasteiger partial charge in [-0.25, -0.2) is 0 Å². The smallest absolute Gasteiger partial charge is 0.493 e. The van der Waals surface area contributed by atoms with E-state index in [2.05, 4.69) is 27.5 Å². The molecule has 1 unspecified atom stereocenters. The molecule has 7 heterocycles. The van der Waals surface area contributed by atoms with Crippen LogP contribution in [0.2, 0.25) is 0 Å². The van der Waals surface area contributed by atoms with Crippen molar-refractivity contribution in [3.63, 3.8) is 0 Å². The number of thiophene rings is 2. The lowest BCUT2D eigenvalue weighted by molar-refractivity contribution is -0.916. The highest BCUT2D eigenvalue weighted by atomic mass is 32.3. The first-order valence-electron chi connectivity index (χ1n) is 33.1. The second-order valence-corrected chi connectivity index (χ2v) is 28.6. The summed E-state index contributed by atoms with van der Waals surface area (Å²) in [4.78, 5) is 60.3. The van der Waals surface area contributed by atoms with Crippen LogP contribution in [0.15, 0.2) is 123 Å². The summed E-state index contributed by atoms with van der Waals surface area (Å²) < 4.78 is 91.5. The van der Waals surface area contributed by atoms with Crippen molar-refractivity contribution in [1.82, 2.24) is 15.1 Å². The minimum Gasteiger partial charge on any atom is -0.493 e. The Morgan fingerprint density at radius 2 is 1.21 bits per heavy atom. The fourth-order valence-electron chi connectivity index (χ4n) is 12.6. The van der Waals surface area contributed by atoms with E-state index in [9.17, 15) is 43.2 Å². The van der Waals surface area contributed by atoms with Crippen molar-refractivity contribution in [2.75, 3.05) is 87.7 Å². The molecule has 29 nitrogen and oxygen atoms in total. The first kappa shape index (κ1) is 73.5. The highest BCUT2D eigenvalue weighted by Gasteiger charge is 2.45. The number of rotatable bonds is 32. The van der Waals surface area contributed by atoms with E-state index in [1.807, 2.05) is 65.3 Å². The van der Waals surface area contributed by atoms with Gasteiger partial charge >= 0.3 is 10.4 Å². The molecule has 12 rings (SSSR count). The third-order valence-electron chi connectivity index (χ3n) is 17.7. The molecular formula is C71H78N9O20S3+. The van der Waals surface area contributed by atoms with Crippen molar-refractivity contribution < 1.29 is 98.7 Å². The van der Waals surface area contributed by atoms with Crippen LogP contribution in [0.25, 0.3) is 10.4 Å². The zero-order valence-corrected chi connectivity index (χ0v) is 59.2. The van der Waals surface area contributed by atoms with Crippen LogP contribution < -0.4 is 37.4 Å². The van der Waals surface area contributed by atoms with Crippen molar-refractivity contribution in [3.05, 3.63) is 178 Å². The van der Waals surface area contributed by atoms with E-state index in [-0.39, 0.29) is 94.5 Å². The topological polar surface area (TPSA) is 360 Å². The van der Waals surface area contributed by atoms with E-state index >= 15 is 0 Å². The highest BCUT2D eigenvalue weighted by Crippen LogP contribution is 2.43. The van der Waals surface area contributed by atoms with Crippen LogP contribution >= 0.6 is 22.7 Å². The Labute approximate surface area is 601 Å². The maximum atomic E-state index is 14.2. The van der Waals surface area contributed by atoms with E-state index < -0.39 is 65.1 Å². The van der Waals surface area contributed by atoms with E-state index in [0.29, 0.717) is 95.6 Å². The number of ether oxygens (including phenoxy) is 9. The summed E-state index contributed by atoms with van der Waals surface area (Å²) in [6.07, 6.45) is -3.59.